The van der Waals surface area contributed by atoms with Crippen LogP contribution in [-0.4, -0.2) is 25.7 Å². The lowest BCUT2D eigenvalue weighted by Gasteiger charge is -2.16. The normalized spacial score (nSPS) is 12.4. The number of nitrogens with one attached hydrogen (secondary N) is 1. The third-order valence-electron chi connectivity index (χ3n) is 3.32. The fourth-order valence-corrected chi connectivity index (χ4v) is 3.20. The maximum absolute atomic E-state index is 12.2. The second kappa shape index (κ2) is 6.80. The number of carbonyl (C=O) groups is 1. The van der Waals surface area contributed by atoms with Crippen molar-refractivity contribution in [1.82, 2.24) is 25.1 Å². The first-order valence-electron chi connectivity index (χ1n) is 7.15. The highest BCUT2D eigenvalue weighted by atomic mass is 32.1. The Bertz CT molecular complexity index is 619. The van der Waals surface area contributed by atoms with Gasteiger partial charge in [-0.3, -0.25) is 4.79 Å². The van der Waals surface area contributed by atoms with E-state index in [4.69, 9.17) is 0 Å². The van der Waals surface area contributed by atoms with Gasteiger partial charge >= 0.3 is 0 Å². The van der Waals surface area contributed by atoms with Crippen LogP contribution in [-0.2, 0) is 17.8 Å². The fourth-order valence-electron chi connectivity index (χ4n) is 2.26. The average molecular weight is 307 g/mol. The second-order valence-corrected chi connectivity index (χ2v) is 6.17. The van der Waals surface area contributed by atoms with E-state index in [1.54, 1.807) is 11.3 Å². The summed E-state index contributed by atoms with van der Waals surface area (Å²) in [7, 11) is 0. The number of amides is 1. The molecule has 0 saturated carbocycles. The molecule has 1 atom stereocenters. The molecule has 0 spiro atoms. The Morgan fingerprint density at radius 1 is 1.43 bits per heavy atom. The van der Waals surface area contributed by atoms with Gasteiger partial charge in [-0.15, -0.1) is 11.3 Å². The summed E-state index contributed by atoms with van der Waals surface area (Å²) in [6, 6.07) is -0.103. The standard InChI is InChI=1S/C14H21N5OS/c1-5-11(14-15-8-16-19(14)6-2)18-13(20)7-12-9(3)17-10(4)21-12/h8,11H,5-7H2,1-4H3,(H,18,20)/t11-/m1/s1. The van der Waals surface area contributed by atoms with Crippen molar-refractivity contribution in [3.05, 3.63) is 27.7 Å². The zero-order chi connectivity index (χ0) is 15.4. The Labute approximate surface area is 128 Å². The molecule has 2 rings (SSSR count). The summed E-state index contributed by atoms with van der Waals surface area (Å²) in [6.45, 7) is 8.68. The van der Waals surface area contributed by atoms with Gasteiger partial charge in [0.1, 0.15) is 12.2 Å². The molecule has 0 aliphatic carbocycles. The van der Waals surface area contributed by atoms with E-state index in [1.807, 2.05) is 32.4 Å². The van der Waals surface area contributed by atoms with Gasteiger partial charge in [-0.1, -0.05) is 6.92 Å². The highest BCUT2D eigenvalue weighted by molar-refractivity contribution is 7.11. The van der Waals surface area contributed by atoms with Crippen molar-refractivity contribution < 1.29 is 4.79 Å². The summed E-state index contributed by atoms with van der Waals surface area (Å²) in [6.07, 6.45) is 2.68. The van der Waals surface area contributed by atoms with Gasteiger partial charge in [0, 0.05) is 11.4 Å². The first-order chi connectivity index (χ1) is 10.0. The lowest BCUT2D eigenvalue weighted by Crippen LogP contribution is -2.31. The van der Waals surface area contributed by atoms with Crippen LogP contribution in [0, 0.1) is 13.8 Å². The molecule has 114 valence electrons. The molecule has 6 nitrogen and oxygen atoms in total. The molecule has 2 aromatic heterocycles. The van der Waals surface area contributed by atoms with E-state index in [0.29, 0.717) is 6.42 Å². The number of carbonyl (C=O) groups excluding carboxylic acids is 1. The van der Waals surface area contributed by atoms with E-state index in [1.165, 1.54) is 6.33 Å². The van der Waals surface area contributed by atoms with Gasteiger partial charge in [0.25, 0.3) is 0 Å². The number of aryl methyl sites for hydroxylation is 3. The van der Waals surface area contributed by atoms with Crippen molar-refractivity contribution in [3.63, 3.8) is 0 Å². The summed E-state index contributed by atoms with van der Waals surface area (Å²) < 4.78 is 1.82. The molecule has 2 aromatic rings. The predicted molar refractivity (Wildman–Crippen MR) is 82.2 cm³/mol. The van der Waals surface area contributed by atoms with Crippen LogP contribution in [0.1, 0.15) is 47.7 Å². The van der Waals surface area contributed by atoms with Gasteiger partial charge in [-0.25, -0.2) is 14.6 Å². The molecule has 0 saturated heterocycles. The van der Waals surface area contributed by atoms with Gasteiger partial charge in [0.15, 0.2) is 0 Å². The van der Waals surface area contributed by atoms with Crippen LogP contribution in [0.5, 0.6) is 0 Å². The van der Waals surface area contributed by atoms with E-state index < -0.39 is 0 Å². The molecular formula is C14H21N5OS. The highest BCUT2D eigenvalue weighted by Crippen LogP contribution is 2.19. The second-order valence-electron chi connectivity index (χ2n) is 4.88. The molecule has 0 aliphatic heterocycles. The fraction of sp³-hybridized carbons (Fsp3) is 0.571. The number of thiazole rings is 1. The number of nitrogens with zero attached hydrogens (tertiary/aromatic N) is 4. The molecule has 0 aromatic carbocycles. The minimum atomic E-state index is -0.103. The molecule has 2 heterocycles. The third kappa shape index (κ3) is 3.66. The van der Waals surface area contributed by atoms with Crippen molar-refractivity contribution in [3.8, 4) is 0 Å². The summed E-state index contributed by atoms with van der Waals surface area (Å²) in [4.78, 5) is 21.9. The third-order valence-corrected chi connectivity index (χ3v) is 4.39. The van der Waals surface area contributed by atoms with Gasteiger partial charge in [-0.2, -0.15) is 5.10 Å². The SMILES string of the molecule is CC[C@@H](NC(=O)Cc1sc(C)nc1C)c1ncnn1CC. The van der Waals surface area contributed by atoms with Crippen LogP contribution < -0.4 is 5.32 Å². The van der Waals surface area contributed by atoms with Crippen molar-refractivity contribution in [2.75, 3.05) is 0 Å². The van der Waals surface area contributed by atoms with E-state index in [-0.39, 0.29) is 11.9 Å². The molecule has 0 fully saturated rings. The maximum atomic E-state index is 12.2. The number of hydrogen-bond acceptors (Lipinski definition) is 5. The van der Waals surface area contributed by atoms with Crippen molar-refractivity contribution >= 4 is 17.2 Å². The lowest BCUT2D eigenvalue weighted by molar-refractivity contribution is -0.121. The first kappa shape index (κ1) is 15.6. The van der Waals surface area contributed by atoms with E-state index in [2.05, 4.69) is 20.4 Å². The molecule has 0 aliphatic rings. The Morgan fingerprint density at radius 3 is 2.76 bits per heavy atom. The number of hydrogen-bond donors (Lipinski definition) is 1. The predicted octanol–water partition coefficient (Wildman–Crippen LogP) is 2.18. The minimum absolute atomic E-state index is 0.000692. The van der Waals surface area contributed by atoms with Crippen LogP contribution >= 0.6 is 11.3 Å². The minimum Gasteiger partial charge on any atom is -0.346 e. The van der Waals surface area contributed by atoms with Crippen LogP contribution in [0.25, 0.3) is 0 Å². The summed E-state index contributed by atoms with van der Waals surface area (Å²) in [5.74, 6) is 0.810. The van der Waals surface area contributed by atoms with Crippen molar-refractivity contribution in [2.24, 2.45) is 0 Å². The summed E-state index contributed by atoms with van der Waals surface area (Å²) in [5.41, 5.74) is 0.942. The molecular weight excluding hydrogens is 286 g/mol. The van der Waals surface area contributed by atoms with Crippen LogP contribution in [0.3, 0.4) is 0 Å². The Balaban J connectivity index is 2.05. The lowest BCUT2D eigenvalue weighted by atomic mass is 10.2. The average Bonchev–Trinajstić information content (AvgIpc) is 3.03. The zero-order valence-electron chi connectivity index (χ0n) is 12.9. The Morgan fingerprint density at radius 2 is 2.19 bits per heavy atom. The number of aromatic nitrogens is 4. The molecule has 0 bridgehead atoms. The Hall–Kier alpha value is -1.76. The van der Waals surface area contributed by atoms with Gasteiger partial charge in [0.2, 0.25) is 5.91 Å². The topological polar surface area (TPSA) is 72.7 Å². The van der Waals surface area contributed by atoms with Crippen LogP contribution in [0.2, 0.25) is 0 Å². The van der Waals surface area contributed by atoms with Gasteiger partial charge in [0.05, 0.1) is 23.2 Å². The first-order valence-corrected chi connectivity index (χ1v) is 7.96. The molecule has 0 unspecified atom stereocenters. The maximum Gasteiger partial charge on any atom is 0.225 e. The summed E-state index contributed by atoms with van der Waals surface area (Å²) >= 11 is 1.58. The summed E-state index contributed by atoms with van der Waals surface area (Å²) in [5, 5.41) is 8.20. The van der Waals surface area contributed by atoms with Crippen molar-refractivity contribution in [2.45, 2.75) is 53.1 Å². The molecule has 1 amide bonds. The molecule has 1 N–H and O–H groups in total. The largest absolute Gasteiger partial charge is 0.346 e. The van der Waals surface area contributed by atoms with E-state index >= 15 is 0 Å². The molecule has 0 radical (unpaired) electrons. The van der Waals surface area contributed by atoms with Crippen molar-refractivity contribution in [1.29, 1.82) is 0 Å². The molecule has 7 heteroatoms. The van der Waals surface area contributed by atoms with E-state index in [9.17, 15) is 4.79 Å². The van der Waals surface area contributed by atoms with Gasteiger partial charge in [-0.05, 0) is 27.2 Å². The smallest absolute Gasteiger partial charge is 0.225 e. The number of rotatable bonds is 6. The zero-order valence-corrected chi connectivity index (χ0v) is 13.7. The molecule has 21 heavy (non-hydrogen) atoms. The van der Waals surface area contributed by atoms with Gasteiger partial charge < -0.3 is 5.32 Å². The quantitative estimate of drug-likeness (QED) is 0.888. The van der Waals surface area contributed by atoms with Crippen LogP contribution in [0.4, 0.5) is 0 Å². The van der Waals surface area contributed by atoms with E-state index in [0.717, 1.165) is 34.4 Å². The van der Waals surface area contributed by atoms with Crippen LogP contribution in [0.15, 0.2) is 6.33 Å². The monoisotopic (exact) mass is 307 g/mol. The Kier molecular flexibility index (Phi) is 5.06. The highest BCUT2D eigenvalue weighted by Gasteiger charge is 2.19.